The number of nitrogens with one attached hydrogen (secondary N) is 1. The average Bonchev–Trinajstić information content (AvgIpc) is 2.76. The van der Waals surface area contributed by atoms with E-state index < -0.39 is 11.9 Å². The Balaban J connectivity index is 1.74. The van der Waals surface area contributed by atoms with Crippen LogP contribution >= 0.6 is 11.8 Å². The first kappa shape index (κ1) is 20.4. The van der Waals surface area contributed by atoms with Crippen LogP contribution < -0.4 is 5.32 Å². The highest BCUT2D eigenvalue weighted by Crippen LogP contribution is 2.25. The number of benzene rings is 3. The van der Waals surface area contributed by atoms with Gasteiger partial charge in [0.05, 0.1) is 36.8 Å². The molecule has 0 bridgehead atoms. The second-order valence-corrected chi connectivity index (χ2v) is 7.14. The van der Waals surface area contributed by atoms with E-state index in [2.05, 4.69) is 5.32 Å². The molecule has 3 rings (SSSR count). The van der Waals surface area contributed by atoms with Gasteiger partial charge in [-0.25, -0.2) is 9.59 Å². The van der Waals surface area contributed by atoms with Crippen LogP contribution in [0.25, 0.3) is 10.8 Å². The Morgan fingerprint density at radius 2 is 1.59 bits per heavy atom. The van der Waals surface area contributed by atoms with Crippen LogP contribution in [0.5, 0.6) is 0 Å². The van der Waals surface area contributed by atoms with Crippen LogP contribution in [0, 0.1) is 0 Å². The second-order valence-electron chi connectivity index (χ2n) is 6.09. The number of amides is 1. The van der Waals surface area contributed by atoms with Gasteiger partial charge in [0.2, 0.25) is 5.91 Å². The summed E-state index contributed by atoms with van der Waals surface area (Å²) >= 11 is 1.38. The van der Waals surface area contributed by atoms with Gasteiger partial charge in [-0.15, -0.1) is 11.8 Å². The third-order valence-corrected chi connectivity index (χ3v) is 5.20. The molecule has 0 radical (unpaired) electrons. The Morgan fingerprint density at radius 1 is 0.862 bits per heavy atom. The molecule has 1 N–H and O–H groups in total. The number of hydrogen-bond donors (Lipinski definition) is 1. The van der Waals surface area contributed by atoms with Crippen molar-refractivity contribution in [2.45, 2.75) is 4.90 Å². The van der Waals surface area contributed by atoms with E-state index in [1.807, 2.05) is 42.5 Å². The van der Waals surface area contributed by atoms with Gasteiger partial charge < -0.3 is 14.8 Å². The molecule has 0 aliphatic carbocycles. The zero-order chi connectivity index (χ0) is 20.8. The second kappa shape index (κ2) is 9.25. The highest BCUT2D eigenvalue weighted by atomic mass is 32.2. The lowest BCUT2D eigenvalue weighted by molar-refractivity contribution is -0.113. The van der Waals surface area contributed by atoms with Crippen LogP contribution in [0.15, 0.2) is 65.6 Å². The summed E-state index contributed by atoms with van der Waals surface area (Å²) in [5.74, 6) is -1.35. The van der Waals surface area contributed by atoms with Crippen LogP contribution in [0.4, 0.5) is 5.69 Å². The fraction of sp³-hybridized carbons (Fsp3) is 0.136. The number of anilines is 1. The van der Waals surface area contributed by atoms with Gasteiger partial charge in [0.1, 0.15) is 0 Å². The van der Waals surface area contributed by atoms with Crippen LogP contribution in [-0.2, 0) is 14.3 Å². The fourth-order valence-corrected chi connectivity index (χ4v) is 3.52. The van der Waals surface area contributed by atoms with Crippen molar-refractivity contribution in [1.29, 1.82) is 0 Å². The number of methoxy groups -OCH3 is 2. The summed E-state index contributed by atoms with van der Waals surface area (Å²) in [5, 5.41) is 4.91. The molecule has 0 saturated carbocycles. The van der Waals surface area contributed by atoms with Gasteiger partial charge in [-0.1, -0.05) is 30.3 Å². The van der Waals surface area contributed by atoms with Crippen LogP contribution in [-0.4, -0.2) is 37.8 Å². The first-order valence-electron chi connectivity index (χ1n) is 8.74. The van der Waals surface area contributed by atoms with Crippen molar-refractivity contribution < 1.29 is 23.9 Å². The number of rotatable bonds is 6. The molecule has 148 valence electrons. The zero-order valence-corrected chi connectivity index (χ0v) is 16.7. The number of carbonyl (C=O) groups excluding carboxylic acids is 3. The lowest BCUT2D eigenvalue weighted by Crippen LogP contribution is -2.18. The summed E-state index contributed by atoms with van der Waals surface area (Å²) < 4.78 is 9.44. The van der Waals surface area contributed by atoms with E-state index in [1.54, 1.807) is 0 Å². The van der Waals surface area contributed by atoms with E-state index in [0.29, 0.717) is 0 Å². The molecule has 0 fully saturated rings. The van der Waals surface area contributed by atoms with Crippen molar-refractivity contribution in [2.75, 3.05) is 25.3 Å². The topological polar surface area (TPSA) is 81.7 Å². The predicted octanol–water partition coefficient (Wildman–Crippen LogP) is 4.14. The molecule has 0 spiro atoms. The Kier molecular flexibility index (Phi) is 6.51. The maximum atomic E-state index is 12.5. The fourth-order valence-electron chi connectivity index (χ4n) is 2.77. The quantitative estimate of drug-likeness (QED) is 0.487. The van der Waals surface area contributed by atoms with Gasteiger partial charge in [0.15, 0.2) is 0 Å². The number of fused-ring (bicyclic) bond motifs is 1. The van der Waals surface area contributed by atoms with Gasteiger partial charge in [-0.2, -0.15) is 0 Å². The third kappa shape index (κ3) is 4.94. The van der Waals surface area contributed by atoms with E-state index in [9.17, 15) is 14.4 Å². The monoisotopic (exact) mass is 409 g/mol. The molecule has 3 aromatic carbocycles. The molecule has 0 atom stereocenters. The number of hydrogen-bond acceptors (Lipinski definition) is 6. The number of carbonyl (C=O) groups is 3. The van der Waals surface area contributed by atoms with Crippen LogP contribution in [0.2, 0.25) is 0 Å². The van der Waals surface area contributed by atoms with E-state index in [1.165, 1.54) is 44.2 Å². The molecule has 0 aromatic heterocycles. The van der Waals surface area contributed by atoms with E-state index in [-0.39, 0.29) is 28.5 Å². The highest BCUT2D eigenvalue weighted by Gasteiger charge is 2.17. The van der Waals surface area contributed by atoms with Crippen LogP contribution in [0.3, 0.4) is 0 Å². The lowest BCUT2D eigenvalue weighted by atomic mass is 10.1. The number of esters is 2. The minimum atomic E-state index is -0.612. The van der Waals surface area contributed by atoms with Gasteiger partial charge in [0, 0.05) is 4.90 Å². The number of thioether (sulfide) groups is 1. The van der Waals surface area contributed by atoms with Gasteiger partial charge in [-0.3, -0.25) is 4.79 Å². The molecule has 1 amide bonds. The van der Waals surface area contributed by atoms with Crippen molar-refractivity contribution in [3.8, 4) is 0 Å². The van der Waals surface area contributed by atoms with Crippen molar-refractivity contribution in [3.63, 3.8) is 0 Å². The Labute approximate surface area is 172 Å². The van der Waals surface area contributed by atoms with Crippen molar-refractivity contribution in [1.82, 2.24) is 0 Å². The van der Waals surface area contributed by atoms with Gasteiger partial charge in [0.25, 0.3) is 0 Å². The molecule has 6 nitrogen and oxygen atoms in total. The molecule has 0 aliphatic heterocycles. The summed E-state index contributed by atoms with van der Waals surface area (Å²) in [6.07, 6.45) is 0. The summed E-state index contributed by atoms with van der Waals surface area (Å²) in [6.45, 7) is 0. The Morgan fingerprint density at radius 3 is 2.31 bits per heavy atom. The normalized spacial score (nSPS) is 10.4. The van der Waals surface area contributed by atoms with Crippen molar-refractivity contribution >= 4 is 46.1 Å². The smallest absolute Gasteiger partial charge is 0.339 e. The maximum Gasteiger partial charge on any atom is 0.339 e. The van der Waals surface area contributed by atoms with E-state index >= 15 is 0 Å². The molecule has 3 aromatic rings. The largest absolute Gasteiger partial charge is 0.465 e. The Hall–Kier alpha value is -3.32. The third-order valence-electron chi connectivity index (χ3n) is 4.21. The minimum absolute atomic E-state index is 0.140. The first-order chi connectivity index (χ1) is 14.0. The summed E-state index contributed by atoms with van der Waals surface area (Å²) in [7, 11) is 2.51. The summed E-state index contributed by atoms with van der Waals surface area (Å²) in [4.78, 5) is 37.2. The molecule has 0 aliphatic rings. The van der Waals surface area contributed by atoms with E-state index in [4.69, 9.17) is 9.47 Å². The van der Waals surface area contributed by atoms with Gasteiger partial charge in [-0.05, 0) is 41.1 Å². The maximum absolute atomic E-state index is 12.5. The first-order valence-corrected chi connectivity index (χ1v) is 9.72. The molecule has 29 heavy (non-hydrogen) atoms. The standard InChI is InChI=1S/C22H19NO5S/c1-27-21(25)16-8-10-18(22(26)28-2)19(12-16)23-20(24)13-29-17-9-7-14-5-3-4-6-15(14)11-17/h3-12H,13H2,1-2H3,(H,23,24). The molecule has 7 heteroatoms. The van der Waals surface area contributed by atoms with Crippen molar-refractivity contribution in [2.24, 2.45) is 0 Å². The summed E-state index contributed by atoms with van der Waals surface area (Å²) in [6, 6.07) is 18.2. The predicted molar refractivity (Wildman–Crippen MR) is 112 cm³/mol. The number of ether oxygens (including phenoxy) is 2. The van der Waals surface area contributed by atoms with Crippen molar-refractivity contribution in [3.05, 3.63) is 71.8 Å². The minimum Gasteiger partial charge on any atom is -0.465 e. The highest BCUT2D eigenvalue weighted by molar-refractivity contribution is 8.00. The Bertz CT molecular complexity index is 1080. The molecular formula is C22H19NO5S. The molecule has 0 heterocycles. The SMILES string of the molecule is COC(=O)c1ccc(C(=O)OC)c(NC(=O)CSc2ccc3ccccc3c2)c1. The molecular weight excluding hydrogens is 390 g/mol. The van der Waals surface area contributed by atoms with Crippen LogP contribution in [0.1, 0.15) is 20.7 Å². The molecule has 0 unspecified atom stereocenters. The molecule has 0 saturated heterocycles. The summed E-state index contributed by atoms with van der Waals surface area (Å²) in [5.41, 5.74) is 0.575. The van der Waals surface area contributed by atoms with Gasteiger partial charge >= 0.3 is 11.9 Å². The lowest BCUT2D eigenvalue weighted by Gasteiger charge is -2.11. The average molecular weight is 409 g/mol. The zero-order valence-electron chi connectivity index (χ0n) is 15.9. The van der Waals surface area contributed by atoms with E-state index in [0.717, 1.165) is 15.7 Å².